The van der Waals surface area contributed by atoms with Crippen molar-refractivity contribution in [1.82, 2.24) is 14.6 Å². The number of carbonyl (C=O) groups excluding carboxylic acids is 1. The molecule has 2 heterocycles. The number of hydrogen-bond donors (Lipinski definition) is 1. The second-order valence-electron chi connectivity index (χ2n) is 4.41. The Labute approximate surface area is 116 Å². The zero-order chi connectivity index (χ0) is 13.9. The fourth-order valence-electron chi connectivity index (χ4n) is 2.06. The summed E-state index contributed by atoms with van der Waals surface area (Å²) in [7, 11) is 0. The number of anilines is 1. The van der Waals surface area contributed by atoms with Crippen molar-refractivity contribution in [3.63, 3.8) is 0 Å². The van der Waals surface area contributed by atoms with Gasteiger partial charge in [-0.1, -0.05) is 25.1 Å². The van der Waals surface area contributed by atoms with E-state index in [1.807, 2.05) is 37.3 Å². The van der Waals surface area contributed by atoms with E-state index >= 15 is 0 Å². The largest absolute Gasteiger partial charge is 0.321 e. The van der Waals surface area contributed by atoms with Crippen molar-refractivity contribution >= 4 is 17.2 Å². The summed E-state index contributed by atoms with van der Waals surface area (Å²) in [6, 6.07) is 12.9. The number of carbonyl (C=O) groups is 1. The van der Waals surface area contributed by atoms with Crippen LogP contribution in [-0.4, -0.2) is 20.5 Å². The number of amides is 1. The quantitative estimate of drug-likeness (QED) is 0.792. The van der Waals surface area contributed by atoms with Gasteiger partial charge in [0.15, 0.2) is 5.65 Å². The summed E-state index contributed by atoms with van der Waals surface area (Å²) in [6.45, 7) is 2.02. The van der Waals surface area contributed by atoms with Gasteiger partial charge in [0.05, 0.1) is 6.20 Å². The summed E-state index contributed by atoms with van der Waals surface area (Å²) < 4.78 is 1.75. The van der Waals surface area contributed by atoms with Crippen molar-refractivity contribution in [3.05, 3.63) is 60.0 Å². The van der Waals surface area contributed by atoms with Crippen LogP contribution in [0.4, 0.5) is 5.69 Å². The molecule has 0 aliphatic carbocycles. The third-order valence-corrected chi connectivity index (χ3v) is 3.06. The molecule has 20 heavy (non-hydrogen) atoms. The molecule has 0 radical (unpaired) electrons. The molecule has 5 nitrogen and oxygen atoms in total. The number of benzene rings is 1. The average molecular weight is 266 g/mol. The Bertz CT molecular complexity index is 749. The van der Waals surface area contributed by atoms with Gasteiger partial charge in [0.25, 0.3) is 5.91 Å². The molecule has 2 aromatic heterocycles. The molecular formula is C15H14N4O. The lowest BCUT2D eigenvalue weighted by Gasteiger charge is -2.07. The maximum absolute atomic E-state index is 12.2. The van der Waals surface area contributed by atoms with Gasteiger partial charge in [-0.05, 0) is 24.6 Å². The van der Waals surface area contributed by atoms with Crippen LogP contribution in [0, 0.1) is 0 Å². The molecule has 5 heteroatoms. The van der Waals surface area contributed by atoms with Gasteiger partial charge in [-0.15, -0.1) is 0 Å². The SMILES string of the molecule is CCc1cc(C(=O)Nc2ccccc2)nc2ccnn12. The Balaban J connectivity index is 1.95. The van der Waals surface area contributed by atoms with E-state index in [0.717, 1.165) is 17.8 Å². The van der Waals surface area contributed by atoms with Gasteiger partial charge in [0.1, 0.15) is 5.69 Å². The lowest BCUT2D eigenvalue weighted by atomic mass is 10.2. The zero-order valence-corrected chi connectivity index (χ0v) is 11.1. The van der Waals surface area contributed by atoms with Crippen molar-refractivity contribution < 1.29 is 4.79 Å². The molecule has 3 aromatic rings. The van der Waals surface area contributed by atoms with Crippen LogP contribution in [0.15, 0.2) is 48.7 Å². The van der Waals surface area contributed by atoms with Crippen LogP contribution < -0.4 is 5.32 Å². The first-order valence-corrected chi connectivity index (χ1v) is 6.48. The minimum absolute atomic E-state index is 0.213. The summed E-state index contributed by atoms with van der Waals surface area (Å²) in [5, 5.41) is 7.03. The highest BCUT2D eigenvalue weighted by atomic mass is 16.1. The Hall–Kier alpha value is -2.69. The van der Waals surface area contributed by atoms with Crippen LogP contribution in [0.3, 0.4) is 0 Å². The molecule has 0 saturated heterocycles. The average Bonchev–Trinajstić information content (AvgIpc) is 2.95. The summed E-state index contributed by atoms with van der Waals surface area (Å²) in [4.78, 5) is 16.6. The number of nitrogens with one attached hydrogen (secondary N) is 1. The third-order valence-electron chi connectivity index (χ3n) is 3.06. The van der Waals surface area contributed by atoms with Crippen molar-refractivity contribution in [2.45, 2.75) is 13.3 Å². The van der Waals surface area contributed by atoms with Crippen molar-refractivity contribution in [2.75, 3.05) is 5.32 Å². The first-order valence-electron chi connectivity index (χ1n) is 6.48. The number of fused-ring (bicyclic) bond motifs is 1. The second kappa shape index (κ2) is 5.13. The molecule has 0 bridgehead atoms. The van der Waals surface area contributed by atoms with E-state index in [2.05, 4.69) is 15.4 Å². The molecule has 0 saturated carbocycles. The van der Waals surface area contributed by atoms with Gasteiger partial charge in [-0.25, -0.2) is 9.50 Å². The standard InChI is InChI=1S/C15H14N4O/c1-2-12-10-13(18-14-8-9-16-19(12)14)15(20)17-11-6-4-3-5-7-11/h3-10H,2H2,1H3,(H,17,20). The molecule has 0 unspecified atom stereocenters. The molecule has 0 fully saturated rings. The summed E-state index contributed by atoms with van der Waals surface area (Å²) in [5.74, 6) is -0.213. The van der Waals surface area contributed by atoms with E-state index in [1.165, 1.54) is 0 Å². The maximum Gasteiger partial charge on any atom is 0.274 e. The van der Waals surface area contributed by atoms with Crippen LogP contribution >= 0.6 is 0 Å². The Kier molecular flexibility index (Phi) is 3.16. The van der Waals surface area contributed by atoms with E-state index in [-0.39, 0.29) is 5.91 Å². The van der Waals surface area contributed by atoms with E-state index in [4.69, 9.17) is 0 Å². The number of aromatic nitrogens is 3. The number of para-hydroxylation sites is 1. The lowest BCUT2D eigenvalue weighted by molar-refractivity contribution is 0.102. The number of rotatable bonds is 3. The molecule has 1 aromatic carbocycles. The van der Waals surface area contributed by atoms with E-state index in [9.17, 15) is 4.79 Å². The smallest absolute Gasteiger partial charge is 0.274 e. The number of aryl methyl sites for hydroxylation is 1. The van der Waals surface area contributed by atoms with Gasteiger partial charge in [0.2, 0.25) is 0 Å². The maximum atomic E-state index is 12.2. The topological polar surface area (TPSA) is 59.3 Å². The van der Waals surface area contributed by atoms with E-state index in [1.54, 1.807) is 22.8 Å². The summed E-state index contributed by atoms with van der Waals surface area (Å²) >= 11 is 0. The predicted octanol–water partition coefficient (Wildman–Crippen LogP) is 2.54. The van der Waals surface area contributed by atoms with E-state index < -0.39 is 0 Å². The zero-order valence-electron chi connectivity index (χ0n) is 11.1. The molecule has 1 N–H and O–H groups in total. The van der Waals surface area contributed by atoms with Crippen LogP contribution in [0.5, 0.6) is 0 Å². The van der Waals surface area contributed by atoms with Crippen molar-refractivity contribution in [2.24, 2.45) is 0 Å². The number of hydrogen-bond acceptors (Lipinski definition) is 3. The molecule has 0 atom stereocenters. The van der Waals surface area contributed by atoms with Gasteiger partial charge < -0.3 is 5.32 Å². The van der Waals surface area contributed by atoms with E-state index in [0.29, 0.717) is 11.3 Å². The summed E-state index contributed by atoms with van der Waals surface area (Å²) in [5.41, 5.74) is 2.80. The summed E-state index contributed by atoms with van der Waals surface area (Å²) in [6.07, 6.45) is 2.46. The highest BCUT2D eigenvalue weighted by Crippen LogP contribution is 2.11. The van der Waals surface area contributed by atoms with Gasteiger partial charge in [-0.2, -0.15) is 5.10 Å². The lowest BCUT2D eigenvalue weighted by Crippen LogP contribution is -2.15. The Morgan fingerprint density at radius 1 is 1.25 bits per heavy atom. The molecule has 1 amide bonds. The molecule has 100 valence electrons. The highest BCUT2D eigenvalue weighted by molar-refractivity contribution is 6.03. The van der Waals surface area contributed by atoms with Crippen molar-refractivity contribution in [3.8, 4) is 0 Å². The monoisotopic (exact) mass is 266 g/mol. The van der Waals surface area contributed by atoms with Crippen LogP contribution in [-0.2, 0) is 6.42 Å². The fraction of sp³-hybridized carbons (Fsp3) is 0.133. The fourth-order valence-corrected chi connectivity index (χ4v) is 2.06. The van der Waals surface area contributed by atoms with Gasteiger partial charge in [-0.3, -0.25) is 4.79 Å². The minimum Gasteiger partial charge on any atom is -0.321 e. The molecule has 3 rings (SSSR count). The van der Waals surface area contributed by atoms with Crippen LogP contribution in [0.25, 0.3) is 5.65 Å². The number of nitrogens with zero attached hydrogens (tertiary/aromatic N) is 3. The molecule has 0 aliphatic heterocycles. The predicted molar refractivity (Wildman–Crippen MR) is 76.8 cm³/mol. The Morgan fingerprint density at radius 2 is 2.05 bits per heavy atom. The van der Waals surface area contributed by atoms with Crippen LogP contribution in [0.2, 0.25) is 0 Å². The van der Waals surface area contributed by atoms with Gasteiger partial charge in [0, 0.05) is 17.4 Å². The molecular weight excluding hydrogens is 252 g/mol. The minimum atomic E-state index is -0.213. The highest BCUT2D eigenvalue weighted by Gasteiger charge is 2.12. The van der Waals surface area contributed by atoms with Gasteiger partial charge >= 0.3 is 0 Å². The first-order chi connectivity index (χ1) is 9.78. The normalized spacial score (nSPS) is 10.7. The molecule has 0 aliphatic rings. The Morgan fingerprint density at radius 3 is 2.80 bits per heavy atom. The van der Waals surface area contributed by atoms with Crippen LogP contribution in [0.1, 0.15) is 23.1 Å². The first kappa shape index (κ1) is 12.3. The second-order valence-corrected chi connectivity index (χ2v) is 4.41. The van der Waals surface area contributed by atoms with Crippen molar-refractivity contribution in [1.29, 1.82) is 0 Å². The third kappa shape index (κ3) is 2.25. The molecule has 0 spiro atoms.